The molecule has 5 nitrogen and oxygen atoms in total. The van der Waals surface area contributed by atoms with Crippen LogP contribution in [0.5, 0.6) is 11.5 Å². The summed E-state index contributed by atoms with van der Waals surface area (Å²) in [5.41, 5.74) is 1.98. The van der Waals surface area contributed by atoms with E-state index in [0.29, 0.717) is 25.3 Å². The first-order valence-electron chi connectivity index (χ1n) is 8.61. The van der Waals surface area contributed by atoms with Crippen molar-refractivity contribution < 1.29 is 14.6 Å². The van der Waals surface area contributed by atoms with Gasteiger partial charge in [-0.2, -0.15) is 0 Å². The molecule has 3 rings (SSSR count). The Labute approximate surface area is 148 Å². The average Bonchev–Trinajstić information content (AvgIpc) is 2.67. The van der Waals surface area contributed by atoms with E-state index in [9.17, 15) is 9.90 Å². The molecule has 25 heavy (non-hydrogen) atoms. The summed E-state index contributed by atoms with van der Waals surface area (Å²) < 4.78 is 5.15. The predicted octanol–water partition coefficient (Wildman–Crippen LogP) is 2.68. The molecule has 0 aliphatic carbocycles. The van der Waals surface area contributed by atoms with E-state index in [-0.39, 0.29) is 5.91 Å². The Hall–Kier alpha value is -2.69. The molecule has 1 saturated heterocycles. The highest BCUT2D eigenvalue weighted by Gasteiger charge is 2.22. The number of phenolic OH excluding ortho intramolecular Hbond substituents is 1. The highest BCUT2D eigenvalue weighted by Crippen LogP contribution is 2.27. The highest BCUT2D eigenvalue weighted by molar-refractivity contribution is 5.77. The summed E-state index contributed by atoms with van der Waals surface area (Å²) in [5.74, 6) is 1.31. The lowest BCUT2D eigenvalue weighted by Crippen LogP contribution is -2.48. The molecule has 1 heterocycles. The van der Waals surface area contributed by atoms with Gasteiger partial charge in [0.2, 0.25) is 5.91 Å². The summed E-state index contributed by atoms with van der Waals surface area (Å²) in [6, 6.07) is 15.2. The summed E-state index contributed by atoms with van der Waals surface area (Å²) in [6.07, 6.45) is 1.26. The number of para-hydroxylation sites is 2. The van der Waals surface area contributed by atoms with Crippen LogP contribution in [0.4, 0.5) is 5.69 Å². The van der Waals surface area contributed by atoms with Gasteiger partial charge in [-0.3, -0.25) is 4.79 Å². The van der Waals surface area contributed by atoms with E-state index in [1.807, 2.05) is 47.4 Å². The van der Waals surface area contributed by atoms with Gasteiger partial charge >= 0.3 is 0 Å². The van der Waals surface area contributed by atoms with Gasteiger partial charge in [0.1, 0.15) is 11.5 Å². The Morgan fingerprint density at radius 2 is 1.72 bits per heavy atom. The van der Waals surface area contributed by atoms with Crippen LogP contribution in [-0.2, 0) is 11.2 Å². The Morgan fingerprint density at radius 3 is 2.36 bits per heavy atom. The van der Waals surface area contributed by atoms with Crippen molar-refractivity contribution in [2.75, 3.05) is 38.2 Å². The van der Waals surface area contributed by atoms with Crippen molar-refractivity contribution >= 4 is 11.6 Å². The zero-order chi connectivity index (χ0) is 17.6. The van der Waals surface area contributed by atoms with Gasteiger partial charge < -0.3 is 19.6 Å². The Morgan fingerprint density at radius 1 is 1.04 bits per heavy atom. The number of aromatic hydroxyl groups is 1. The van der Waals surface area contributed by atoms with Gasteiger partial charge in [0, 0.05) is 32.6 Å². The van der Waals surface area contributed by atoms with Crippen LogP contribution in [0.2, 0.25) is 0 Å². The maximum atomic E-state index is 12.4. The van der Waals surface area contributed by atoms with E-state index in [1.165, 1.54) is 0 Å². The number of hydrogen-bond acceptors (Lipinski definition) is 4. The molecule has 0 unspecified atom stereocenters. The number of aryl methyl sites for hydroxylation is 1. The van der Waals surface area contributed by atoms with Crippen LogP contribution in [0, 0.1) is 0 Å². The maximum absolute atomic E-state index is 12.4. The average molecular weight is 340 g/mol. The number of phenols is 1. The lowest BCUT2D eigenvalue weighted by atomic mass is 10.1. The quantitative estimate of drug-likeness (QED) is 0.909. The fraction of sp³-hybridized carbons (Fsp3) is 0.350. The minimum absolute atomic E-state index is 0.188. The minimum atomic E-state index is 0.188. The number of carbonyl (C=O) groups is 1. The number of carbonyl (C=O) groups excluding carboxylic acids is 1. The SMILES string of the molecule is COc1ccc(CCC(=O)N2CCN(c3ccccc3O)CC2)cc1. The van der Waals surface area contributed by atoms with E-state index in [2.05, 4.69) is 4.90 Å². The lowest BCUT2D eigenvalue weighted by molar-refractivity contribution is -0.131. The molecular weight excluding hydrogens is 316 g/mol. The van der Waals surface area contributed by atoms with E-state index >= 15 is 0 Å². The minimum Gasteiger partial charge on any atom is -0.506 e. The number of piperazine rings is 1. The predicted molar refractivity (Wildman–Crippen MR) is 98.2 cm³/mol. The van der Waals surface area contributed by atoms with E-state index in [1.54, 1.807) is 13.2 Å². The van der Waals surface area contributed by atoms with Crippen LogP contribution >= 0.6 is 0 Å². The zero-order valence-corrected chi connectivity index (χ0v) is 14.5. The molecule has 0 radical (unpaired) electrons. The third kappa shape index (κ3) is 4.24. The monoisotopic (exact) mass is 340 g/mol. The van der Waals surface area contributed by atoms with Crippen molar-refractivity contribution in [2.45, 2.75) is 12.8 Å². The molecule has 132 valence electrons. The third-order valence-electron chi connectivity index (χ3n) is 4.64. The van der Waals surface area contributed by atoms with Crippen LogP contribution in [-0.4, -0.2) is 49.2 Å². The highest BCUT2D eigenvalue weighted by atomic mass is 16.5. The number of amides is 1. The van der Waals surface area contributed by atoms with Crippen LogP contribution in [0.3, 0.4) is 0 Å². The number of hydrogen-bond donors (Lipinski definition) is 1. The van der Waals surface area contributed by atoms with Crippen LogP contribution in [0.15, 0.2) is 48.5 Å². The van der Waals surface area contributed by atoms with Gasteiger partial charge in [-0.25, -0.2) is 0 Å². The van der Waals surface area contributed by atoms with Crippen molar-refractivity contribution in [3.63, 3.8) is 0 Å². The first-order chi connectivity index (χ1) is 12.2. The molecular formula is C20H24N2O3. The molecule has 2 aromatic carbocycles. The fourth-order valence-corrected chi connectivity index (χ4v) is 3.13. The summed E-state index contributed by atoms with van der Waals surface area (Å²) in [5, 5.41) is 9.95. The van der Waals surface area contributed by atoms with Crippen LogP contribution < -0.4 is 9.64 Å². The second kappa shape index (κ2) is 7.92. The second-order valence-corrected chi connectivity index (χ2v) is 6.20. The fourth-order valence-electron chi connectivity index (χ4n) is 3.13. The molecule has 5 heteroatoms. The van der Waals surface area contributed by atoms with E-state index in [0.717, 1.165) is 36.5 Å². The lowest BCUT2D eigenvalue weighted by Gasteiger charge is -2.36. The molecule has 1 fully saturated rings. The molecule has 2 aromatic rings. The normalized spacial score (nSPS) is 14.4. The molecule has 0 bridgehead atoms. The van der Waals surface area contributed by atoms with Crippen molar-refractivity contribution in [1.82, 2.24) is 4.90 Å². The van der Waals surface area contributed by atoms with Crippen molar-refractivity contribution in [3.8, 4) is 11.5 Å². The number of benzene rings is 2. The Balaban J connectivity index is 1.49. The van der Waals surface area contributed by atoms with Crippen molar-refractivity contribution in [2.24, 2.45) is 0 Å². The second-order valence-electron chi connectivity index (χ2n) is 6.20. The summed E-state index contributed by atoms with van der Waals surface area (Å²) in [4.78, 5) is 16.5. The zero-order valence-electron chi connectivity index (χ0n) is 14.5. The van der Waals surface area contributed by atoms with Gasteiger partial charge in [0.05, 0.1) is 12.8 Å². The molecule has 1 aliphatic heterocycles. The molecule has 1 aliphatic rings. The van der Waals surface area contributed by atoms with Gasteiger partial charge in [-0.15, -0.1) is 0 Å². The smallest absolute Gasteiger partial charge is 0.223 e. The number of methoxy groups -OCH3 is 1. The molecule has 1 amide bonds. The van der Waals surface area contributed by atoms with Gasteiger partial charge in [-0.05, 0) is 36.2 Å². The topological polar surface area (TPSA) is 53.0 Å². The summed E-state index contributed by atoms with van der Waals surface area (Å²) in [6.45, 7) is 2.86. The number of rotatable bonds is 5. The van der Waals surface area contributed by atoms with Crippen LogP contribution in [0.1, 0.15) is 12.0 Å². The van der Waals surface area contributed by atoms with E-state index < -0.39 is 0 Å². The van der Waals surface area contributed by atoms with E-state index in [4.69, 9.17) is 4.74 Å². The Bertz CT molecular complexity index is 707. The van der Waals surface area contributed by atoms with Crippen molar-refractivity contribution in [3.05, 3.63) is 54.1 Å². The number of ether oxygens (including phenoxy) is 1. The summed E-state index contributed by atoms with van der Waals surface area (Å²) in [7, 11) is 1.65. The molecule has 0 saturated carbocycles. The van der Waals surface area contributed by atoms with Gasteiger partial charge in [-0.1, -0.05) is 24.3 Å². The Kier molecular flexibility index (Phi) is 5.43. The first kappa shape index (κ1) is 17.1. The molecule has 0 aromatic heterocycles. The molecule has 0 atom stereocenters. The standard InChI is InChI=1S/C20H24N2O3/c1-25-17-9-6-16(7-10-17)8-11-20(24)22-14-12-21(13-15-22)18-4-2-3-5-19(18)23/h2-7,9-10,23H,8,11-15H2,1H3. The van der Waals surface area contributed by atoms with Gasteiger partial charge in [0.15, 0.2) is 0 Å². The number of nitrogens with zero attached hydrogens (tertiary/aromatic N) is 2. The molecule has 1 N–H and O–H groups in total. The molecule has 0 spiro atoms. The largest absolute Gasteiger partial charge is 0.506 e. The summed E-state index contributed by atoms with van der Waals surface area (Å²) >= 11 is 0. The third-order valence-corrected chi connectivity index (χ3v) is 4.64. The number of anilines is 1. The maximum Gasteiger partial charge on any atom is 0.223 e. The van der Waals surface area contributed by atoms with Crippen LogP contribution in [0.25, 0.3) is 0 Å². The van der Waals surface area contributed by atoms with Gasteiger partial charge in [0.25, 0.3) is 0 Å². The van der Waals surface area contributed by atoms with Crippen molar-refractivity contribution in [1.29, 1.82) is 0 Å². The first-order valence-corrected chi connectivity index (χ1v) is 8.61.